The summed E-state index contributed by atoms with van der Waals surface area (Å²) in [6.45, 7) is 1.34. The van der Waals surface area contributed by atoms with Crippen molar-refractivity contribution in [1.82, 2.24) is 4.90 Å². The number of nitrogens with zero attached hydrogens (tertiary/aromatic N) is 1. The molecule has 21 heavy (non-hydrogen) atoms. The third-order valence-corrected chi connectivity index (χ3v) is 3.51. The Morgan fingerprint density at radius 3 is 2.86 bits per heavy atom. The summed E-state index contributed by atoms with van der Waals surface area (Å²) in [6, 6.07) is 1.86. The van der Waals surface area contributed by atoms with Crippen LogP contribution in [-0.4, -0.2) is 55.9 Å². The molecule has 0 atom stereocenters. The van der Waals surface area contributed by atoms with Gasteiger partial charge < -0.3 is 19.5 Å². The summed E-state index contributed by atoms with van der Waals surface area (Å²) < 4.78 is 10.0. The van der Waals surface area contributed by atoms with E-state index in [1.807, 2.05) is 11.4 Å². The minimum Gasteiger partial charge on any atom is -0.478 e. The van der Waals surface area contributed by atoms with Gasteiger partial charge in [0.05, 0.1) is 19.8 Å². The van der Waals surface area contributed by atoms with Crippen LogP contribution < -0.4 is 0 Å². The fraction of sp³-hybridized carbons (Fsp3) is 0.429. The molecule has 1 N–H and O–H groups in total. The van der Waals surface area contributed by atoms with Gasteiger partial charge in [-0.3, -0.25) is 4.79 Å². The maximum Gasteiger partial charge on any atom is 0.328 e. The lowest BCUT2D eigenvalue weighted by Gasteiger charge is -2.16. The molecule has 1 amide bonds. The van der Waals surface area contributed by atoms with Crippen molar-refractivity contribution >= 4 is 29.3 Å². The molecule has 0 bridgehead atoms. The number of hydrogen-bond acceptors (Lipinski definition) is 5. The van der Waals surface area contributed by atoms with Crippen LogP contribution in [0.5, 0.6) is 0 Å². The summed E-state index contributed by atoms with van der Waals surface area (Å²) in [4.78, 5) is 24.8. The van der Waals surface area contributed by atoms with Gasteiger partial charge in [0.15, 0.2) is 0 Å². The summed E-state index contributed by atoms with van der Waals surface area (Å²) in [5, 5.41) is 10.4. The zero-order valence-electron chi connectivity index (χ0n) is 12.1. The quantitative estimate of drug-likeness (QED) is 0.552. The number of carboxylic acid groups (broad SMARTS) is 1. The van der Waals surface area contributed by atoms with Gasteiger partial charge in [-0.1, -0.05) is 0 Å². The molecule has 0 saturated heterocycles. The fourth-order valence-electron chi connectivity index (χ4n) is 1.47. The third kappa shape index (κ3) is 7.03. The summed E-state index contributed by atoms with van der Waals surface area (Å²) in [7, 11) is 3.28. The van der Waals surface area contributed by atoms with Crippen molar-refractivity contribution < 1.29 is 24.2 Å². The highest BCUT2D eigenvalue weighted by Crippen LogP contribution is 2.17. The molecule has 0 unspecified atom stereocenters. The van der Waals surface area contributed by atoms with Gasteiger partial charge in [0, 0.05) is 25.1 Å². The molecule has 116 valence electrons. The molecule has 0 aliphatic heterocycles. The first-order valence-electron chi connectivity index (χ1n) is 6.32. The highest BCUT2D eigenvalue weighted by Gasteiger charge is 2.10. The lowest BCUT2D eigenvalue weighted by molar-refractivity contribution is -0.135. The van der Waals surface area contributed by atoms with Crippen molar-refractivity contribution in [3.63, 3.8) is 0 Å². The van der Waals surface area contributed by atoms with Crippen LogP contribution in [0.3, 0.4) is 0 Å². The molecule has 0 aromatic carbocycles. The largest absolute Gasteiger partial charge is 0.478 e. The monoisotopic (exact) mass is 313 g/mol. The van der Waals surface area contributed by atoms with E-state index >= 15 is 0 Å². The standard InChI is InChI=1S/C14H19NO5S/c1-15(13(16)9-20-6-5-19-2)8-12-7-11(10-21-12)3-4-14(17)18/h3-4,7,10H,5-6,8-9H2,1-2H3,(H,17,18)/b4-3+. The molecule has 0 spiro atoms. The van der Waals surface area contributed by atoms with Gasteiger partial charge in [0.25, 0.3) is 0 Å². The summed E-state index contributed by atoms with van der Waals surface area (Å²) in [5.41, 5.74) is 0.814. The lowest BCUT2D eigenvalue weighted by Crippen LogP contribution is -2.30. The van der Waals surface area contributed by atoms with Gasteiger partial charge in [-0.15, -0.1) is 11.3 Å². The molecule has 0 aliphatic rings. The highest BCUT2D eigenvalue weighted by atomic mass is 32.1. The van der Waals surface area contributed by atoms with E-state index in [9.17, 15) is 9.59 Å². The van der Waals surface area contributed by atoms with Crippen molar-refractivity contribution in [2.45, 2.75) is 6.54 Å². The first-order valence-corrected chi connectivity index (χ1v) is 7.20. The molecule has 1 rings (SSSR count). The molecule has 1 aromatic heterocycles. The third-order valence-electron chi connectivity index (χ3n) is 2.57. The second kappa shape index (κ2) is 9.28. The minimum absolute atomic E-state index is 0.0248. The van der Waals surface area contributed by atoms with Gasteiger partial charge in [-0.05, 0) is 23.1 Å². The first kappa shape index (κ1) is 17.4. The minimum atomic E-state index is -0.983. The Balaban J connectivity index is 2.41. The predicted molar refractivity (Wildman–Crippen MR) is 80.2 cm³/mol. The lowest BCUT2D eigenvalue weighted by atomic mass is 10.3. The number of ether oxygens (including phenoxy) is 2. The SMILES string of the molecule is COCCOCC(=O)N(C)Cc1cc(/C=C/C(=O)O)cs1. The Bertz CT molecular complexity index is 497. The normalized spacial score (nSPS) is 11.0. The molecular weight excluding hydrogens is 294 g/mol. The van der Waals surface area contributed by atoms with Crippen LogP contribution in [0.4, 0.5) is 0 Å². The average molecular weight is 313 g/mol. The van der Waals surface area contributed by atoms with E-state index in [2.05, 4.69) is 0 Å². The molecular formula is C14H19NO5S. The first-order chi connectivity index (χ1) is 10.0. The molecule has 0 fully saturated rings. The summed E-state index contributed by atoms with van der Waals surface area (Å²) >= 11 is 1.48. The molecule has 1 aromatic rings. The molecule has 0 saturated carbocycles. The zero-order chi connectivity index (χ0) is 15.7. The molecule has 6 nitrogen and oxygen atoms in total. The Labute approximate surface area is 127 Å². The molecule has 7 heteroatoms. The van der Waals surface area contributed by atoms with Crippen molar-refractivity contribution in [3.8, 4) is 0 Å². The number of carbonyl (C=O) groups is 2. The van der Waals surface area contributed by atoms with E-state index in [-0.39, 0.29) is 12.5 Å². The predicted octanol–water partition coefficient (Wildman–Crippen LogP) is 1.47. The Kier molecular flexibility index (Phi) is 7.66. The van der Waals surface area contributed by atoms with E-state index in [1.165, 1.54) is 17.4 Å². The summed E-state index contributed by atoms with van der Waals surface area (Å²) in [5.74, 6) is -1.09. The molecule has 0 aliphatic carbocycles. The smallest absolute Gasteiger partial charge is 0.328 e. The number of carboxylic acids is 1. The molecule has 0 radical (unpaired) electrons. The Hall–Kier alpha value is -1.70. The fourth-order valence-corrected chi connectivity index (χ4v) is 2.38. The van der Waals surface area contributed by atoms with Crippen LogP contribution in [-0.2, 0) is 25.6 Å². The van der Waals surface area contributed by atoms with Gasteiger partial charge in [-0.2, -0.15) is 0 Å². The van der Waals surface area contributed by atoms with Crippen LogP contribution in [0, 0.1) is 0 Å². The van der Waals surface area contributed by atoms with Gasteiger partial charge in [0.2, 0.25) is 5.91 Å². The number of thiophene rings is 1. The number of likely N-dealkylation sites (N-methyl/N-ethyl adjacent to an activating group) is 1. The van der Waals surface area contributed by atoms with E-state index in [4.69, 9.17) is 14.6 Å². The van der Waals surface area contributed by atoms with Crippen LogP contribution in [0.2, 0.25) is 0 Å². The number of amides is 1. The highest BCUT2D eigenvalue weighted by molar-refractivity contribution is 7.10. The topological polar surface area (TPSA) is 76.1 Å². The van der Waals surface area contributed by atoms with Crippen LogP contribution in [0.15, 0.2) is 17.5 Å². The Morgan fingerprint density at radius 2 is 2.19 bits per heavy atom. The summed E-state index contributed by atoms with van der Waals surface area (Å²) in [6.07, 6.45) is 2.61. The molecule has 1 heterocycles. The van der Waals surface area contributed by atoms with Crippen molar-refractivity contribution in [1.29, 1.82) is 0 Å². The van der Waals surface area contributed by atoms with Gasteiger partial charge in [0.1, 0.15) is 6.61 Å². The Morgan fingerprint density at radius 1 is 1.43 bits per heavy atom. The number of rotatable bonds is 9. The number of carbonyl (C=O) groups excluding carboxylic acids is 1. The maximum absolute atomic E-state index is 11.8. The second-order valence-electron chi connectivity index (χ2n) is 4.31. The van der Waals surface area contributed by atoms with Gasteiger partial charge >= 0.3 is 5.97 Å². The number of aliphatic carboxylic acids is 1. The van der Waals surface area contributed by atoms with Crippen molar-refractivity contribution in [2.24, 2.45) is 0 Å². The van der Waals surface area contributed by atoms with Crippen molar-refractivity contribution in [2.75, 3.05) is 34.0 Å². The van der Waals surface area contributed by atoms with E-state index in [0.29, 0.717) is 19.8 Å². The van der Waals surface area contributed by atoms with Crippen LogP contribution >= 0.6 is 11.3 Å². The van der Waals surface area contributed by atoms with E-state index in [0.717, 1.165) is 16.5 Å². The van der Waals surface area contributed by atoms with E-state index in [1.54, 1.807) is 19.1 Å². The van der Waals surface area contributed by atoms with E-state index < -0.39 is 5.97 Å². The average Bonchev–Trinajstić information content (AvgIpc) is 2.88. The van der Waals surface area contributed by atoms with Crippen LogP contribution in [0.25, 0.3) is 6.08 Å². The zero-order valence-corrected chi connectivity index (χ0v) is 12.9. The second-order valence-corrected chi connectivity index (χ2v) is 5.31. The van der Waals surface area contributed by atoms with Crippen molar-refractivity contribution in [3.05, 3.63) is 28.0 Å². The van der Waals surface area contributed by atoms with Gasteiger partial charge in [-0.25, -0.2) is 4.79 Å². The van der Waals surface area contributed by atoms with Crippen LogP contribution in [0.1, 0.15) is 10.4 Å². The maximum atomic E-state index is 11.8. The number of methoxy groups -OCH3 is 1. The number of hydrogen-bond donors (Lipinski definition) is 1.